The third-order valence-electron chi connectivity index (χ3n) is 5.25. The molecule has 0 N–H and O–H groups in total. The van der Waals surface area contributed by atoms with E-state index in [0.717, 1.165) is 38.5 Å². The summed E-state index contributed by atoms with van der Waals surface area (Å²) in [5.74, 6) is -0.795. The number of hydrogen-bond donors (Lipinski definition) is 0. The quantitative estimate of drug-likeness (QED) is 0.0988. The van der Waals surface area contributed by atoms with Crippen molar-refractivity contribution in [2.24, 2.45) is 0 Å². The van der Waals surface area contributed by atoms with Crippen LogP contribution in [0.15, 0.2) is 47.4 Å². The highest BCUT2D eigenvalue weighted by molar-refractivity contribution is 6.21. The first-order valence-electron chi connectivity index (χ1n) is 10.9. The number of benzene rings is 1. The Morgan fingerprint density at radius 3 is 2.03 bits per heavy atom. The number of non-ortho nitro benzene ring substituents is 1. The van der Waals surface area contributed by atoms with Gasteiger partial charge in [0.1, 0.15) is 5.75 Å². The van der Waals surface area contributed by atoms with Crippen LogP contribution in [0.1, 0.15) is 57.8 Å². The van der Waals surface area contributed by atoms with Gasteiger partial charge in [-0.1, -0.05) is 32.1 Å². The number of ketones is 2. The van der Waals surface area contributed by atoms with Crippen LogP contribution < -0.4 is 4.74 Å². The van der Waals surface area contributed by atoms with Gasteiger partial charge >= 0.3 is 5.97 Å². The van der Waals surface area contributed by atoms with Gasteiger partial charge in [0.2, 0.25) is 23.1 Å². The maximum atomic E-state index is 12.4. The van der Waals surface area contributed by atoms with Gasteiger partial charge in [-0.15, -0.1) is 0 Å². The topological polar surface area (TPSA) is 122 Å². The molecule has 0 radical (unpaired) electrons. The molecular weight excluding hydrogens is 430 g/mol. The third kappa shape index (κ3) is 7.85. The van der Waals surface area contributed by atoms with Gasteiger partial charge in [-0.25, -0.2) is 0 Å². The molecule has 1 aromatic rings. The first-order chi connectivity index (χ1) is 15.9. The SMILES string of the molecule is COC1=C(OC)C(=O)C(CCCCCCCCCC(=O)Oc2ccc([N+](=O)[O-])cc2)=CC1=O. The fourth-order valence-electron chi connectivity index (χ4n) is 3.50. The van der Waals surface area contributed by atoms with Gasteiger partial charge in [0.05, 0.1) is 19.1 Å². The lowest BCUT2D eigenvalue weighted by atomic mass is 9.95. The lowest BCUT2D eigenvalue weighted by molar-refractivity contribution is -0.384. The number of hydrogen-bond acceptors (Lipinski definition) is 8. The summed E-state index contributed by atoms with van der Waals surface area (Å²) in [5, 5.41) is 10.6. The number of nitro benzene ring substituents is 1. The molecule has 9 heteroatoms. The zero-order chi connectivity index (χ0) is 24.2. The van der Waals surface area contributed by atoms with Crippen LogP contribution in [0.5, 0.6) is 5.75 Å². The highest BCUT2D eigenvalue weighted by Crippen LogP contribution is 2.24. The average molecular weight is 459 g/mol. The minimum Gasteiger partial charge on any atom is -0.490 e. The molecule has 1 aromatic carbocycles. The fourth-order valence-corrected chi connectivity index (χ4v) is 3.50. The molecule has 0 fully saturated rings. The van der Waals surface area contributed by atoms with Crippen LogP contribution in [0.2, 0.25) is 0 Å². The Balaban J connectivity index is 1.55. The molecule has 0 atom stereocenters. The van der Waals surface area contributed by atoms with Crippen molar-refractivity contribution in [3.05, 3.63) is 57.5 Å². The smallest absolute Gasteiger partial charge is 0.311 e. The molecule has 0 saturated carbocycles. The number of carbonyl (C=O) groups is 3. The van der Waals surface area contributed by atoms with Crippen molar-refractivity contribution in [3.8, 4) is 5.75 Å². The monoisotopic (exact) mass is 459 g/mol. The van der Waals surface area contributed by atoms with Crippen molar-refractivity contribution >= 4 is 23.2 Å². The van der Waals surface area contributed by atoms with E-state index in [1.807, 2.05) is 0 Å². The van der Waals surface area contributed by atoms with Crippen LogP contribution in [-0.4, -0.2) is 36.7 Å². The molecular formula is C24H29NO8. The van der Waals surface area contributed by atoms with Gasteiger partial charge in [-0.3, -0.25) is 24.5 Å². The summed E-state index contributed by atoms with van der Waals surface area (Å²) in [4.78, 5) is 46.4. The largest absolute Gasteiger partial charge is 0.490 e. The van der Waals surface area contributed by atoms with E-state index >= 15 is 0 Å². The second kappa shape index (κ2) is 13.1. The Morgan fingerprint density at radius 1 is 0.879 bits per heavy atom. The van der Waals surface area contributed by atoms with Gasteiger partial charge in [0.25, 0.3) is 5.69 Å². The summed E-state index contributed by atoms with van der Waals surface area (Å²) < 4.78 is 15.2. The van der Waals surface area contributed by atoms with E-state index in [-0.39, 0.29) is 34.7 Å². The van der Waals surface area contributed by atoms with E-state index in [1.54, 1.807) is 0 Å². The van der Waals surface area contributed by atoms with Gasteiger partial charge < -0.3 is 14.2 Å². The number of carbonyl (C=O) groups excluding carboxylic acids is 3. The van der Waals surface area contributed by atoms with E-state index in [4.69, 9.17) is 14.2 Å². The maximum absolute atomic E-state index is 12.4. The standard InChI is InChI=1S/C24H29NO8/c1-31-23-20(26)16-17(22(28)24(23)32-2)10-8-6-4-3-5-7-9-11-21(27)33-19-14-12-18(13-15-19)25(29)30/h12-16H,3-11H2,1-2H3. The van der Waals surface area contributed by atoms with Crippen molar-refractivity contribution in [2.75, 3.05) is 14.2 Å². The van der Waals surface area contributed by atoms with Crippen LogP contribution >= 0.6 is 0 Å². The molecule has 178 valence electrons. The molecule has 33 heavy (non-hydrogen) atoms. The van der Waals surface area contributed by atoms with Gasteiger partial charge in [0, 0.05) is 24.1 Å². The zero-order valence-corrected chi connectivity index (χ0v) is 19.0. The van der Waals surface area contributed by atoms with Crippen LogP contribution in [-0.2, 0) is 23.9 Å². The fraction of sp³-hybridized carbons (Fsp3) is 0.458. The van der Waals surface area contributed by atoms with Crippen molar-refractivity contribution in [2.45, 2.75) is 57.8 Å². The Hall–Kier alpha value is -3.49. The second-order valence-corrected chi connectivity index (χ2v) is 7.63. The van der Waals surface area contributed by atoms with Crippen LogP contribution in [0.3, 0.4) is 0 Å². The van der Waals surface area contributed by atoms with Crippen LogP contribution in [0, 0.1) is 10.1 Å². The van der Waals surface area contributed by atoms with Crippen LogP contribution in [0.4, 0.5) is 5.69 Å². The highest BCUT2D eigenvalue weighted by atomic mass is 16.6. The summed E-state index contributed by atoms with van der Waals surface area (Å²) in [5.41, 5.74) is 0.395. The number of nitrogens with zero attached hydrogens (tertiary/aromatic N) is 1. The van der Waals surface area contributed by atoms with Crippen molar-refractivity contribution in [1.82, 2.24) is 0 Å². The van der Waals surface area contributed by atoms with E-state index in [0.29, 0.717) is 30.6 Å². The van der Waals surface area contributed by atoms with Crippen LogP contribution in [0.25, 0.3) is 0 Å². The number of unbranched alkanes of at least 4 members (excludes halogenated alkanes) is 6. The van der Waals surface area contributed by atoms with Gasteiger partial charge in [0.15, 0.2) is 0 Å². The molecule has 0 unspecified atom stereocenters. The predicted molar refractivity (Wildman–Crippen MR) is 119 cm³/mol. The summed E-state index contributed by atoms with van der Waals surface area (Å²) in [6, 6.07) is 5.41. The number of rotatable bonds is 14. The summed E-state index contributed by atoms with van der Waals surface area (Å²) in [6.45, 7) is 0. The van der Waals surface area contributed by atoms with Gasteiger partial charge in [-0.2, -0.15) is 0 Å². The number of Topliss-reactive ketones (excluding diaryl/α,β-unsaturated/α-hetero) is 1. The minimum absolute atomic E-state index is 0.0351. The number of esters is 1. The lowest BCUT2D eigenvalue weighted by Gasteiger charge is -2.16. The summed E-state index contributed by atoms with van der Waals surface area (Å²) in [6.07, 6.45) is 8.48. The Labute approximate surface area is 192 Å². The molecule has 0 aliphatic heterocycles. The number of nitro groups is 1. The van der Waals surface area contributed by atoms with E-state index in [9.17, 15) is 24.5 Å². The molecule has 2 rings (SSSR count). The second-order valence-electron chi connectivity index (χ2n) is 7.63. The van der Waals surface area contributed by atoms with Crippen molar-refractivity contribution in [1.29, 1.82) is 0 Å². The molecule has 0 saturated heterocycles. The Bertz CT molecular complexity index is 930. The molecule has 1 aliphatic carbocycles. The van der Waals surface area contributed by atoms with Gasteiger partial charge in [-0.05, 0) is 37.5 Å². The van der Waals surface area contributed by atoms with E-state index in [2.05, 4.69) is 0 Å². The normalized spacial score (nSPS) is 13.6. The minimum atomic E-state index is -0.509. The molecule has 0 bridgehead atoms. The summed E-state index contributed by atoms with van der Waals surface area (Å²) in [7, 11) is 2.68. The number of allylic oxidation sites excluding steroid dienone is 2. The highest BCUT2D eigenvalue weighted by Gasteiger charge is 2.30. The first-order valence-corrected chi connectivity index (χ1v) is 10.9. The summed E-state index contributed by atoms with van der Waals surface area (Å²) >= 11 is 0. The molecule has 9 nitrogen and oxygen atoms in total. The molecule has 0 heterocycles. The van der Waals surface area contributed by atoms with Crippen molar-refractivity contribution < 1.29 is 33.5 Å². The Kier molecular flexibility index (Phi) is 10.3. The van der Waals surface area contributed by atoms with Crippen molar-refractivity contribution in [3.63, 3.8) is 0 Å². The maximum Gasteiger partial charge on any atom is 0.311 e. The molecule has 0 amide bonds. The Morgan fingerprint density at radius 2 is 1.45 bits per heavy atom. The van der Waals surface area contributed by atoms with E-state index in [1.165, 1.54) is 44.6 Å². The van der Waals surface area contributed by atoms with E-state index < -0.39 is 4.92 Å². The molecule has 0 aromatic heterocycles. The molecule has 0 spiro atoms. The lowest BCUT2D eigenvalue weighted by Crippen LogP contribution is -2.21. The average Bonchev–Trinajstić information content (AvgIpc) is 2.79. The first kappa shape index (κ1) is 25.8. The number of ether oxygens (including phenoxy) is 3. The molecule has 1 aliphatic rings. The third-order valence-corrected chi connectivity index (χ3v) is 5.25. The number of methoxy groups -OCH3 is 2. The zero-order valence-electron chi connectivity index (χ0n) is 19.0. The predicted octanol–water partition coefficient (Wildman–Crippen LogP) is 4.59.